The Morgan fingerprint density at radius 2 is 0.771 bits per heavy atom. The van der Waals surface area contributed by atoms with E-state index in [0.29, 0.717) is 0 Å². The molecule has 0 atom stereocenters. The second-order valence-corrected chi connectivity index (χ2v) is 15.6. The van der Waals surface area contributed by atoms with Gasteiger partial charge in [0.2, 0.25) is 0 Å². The Kier molecular flexibility index (Phi) is 4.34. The average molecular weight is 488 g/mol. The van der Waals surface area contributed by atoms with E-state index in [4.69, 9.17) is 13.6 Å². The highest BCUT2D eigenvalue weighted by molar-refractivity contribution is 7.65. The van der Waals surface area contributed by atoms with Crippen molar-refractivity contribution in [1.29, 1.82) is 0 Å². The van der Waals surface area contributed by atoms with Crippen LogP contribution < -0.4 is 13.6 Å². The zero-order valence-corrected chi connectivity index (χ0v) is 23.3. The van der Waals surface area contributed by atoms with Gasteiger partial charge in [-0.1, -0.05) is 80.5 Å². The molecule has 35 heavy (non-hydrogen) atoms. The molecule has 0 saturated carbocycles. The molecule has 0 bridgehead atoms. The second-order valence-electron chi connectivity index (χ2n) is 13.4. The molecule has 0 aromatic heterocycles. The van der Waals surface area contributed by atoms with Gasteiger partial charge in [-0.25, -0.2) is 0 Å². The van der Waals surface area contributed by atoms with Gasteiger partial charge in [0.25, 0.3) is 5.16 Å². The Balaban J connectivity index is 1.73. The molecule has 3 aromatic carbocycles. The molecule has 0 spiro atoms. The van der Waals surface area contributed by atoms with Crippen LogP contribution in [0.25, 0.3) is 0 Å². The Labute approximate surface area is 210 Å². The lowest BCUT2D eigenvalue weighted by atomic mass is 9.76. The maximum atomic E-state index is 6.78. The molecule has 0 aliphatic carbocycles. The molecule has 6 rings (SSSR count). The molecule has 0 saturated heterocycles. The van der Waals surface area contributed by atoms with E-state index in [1.165, 1.54) is 33.4 Å². The highest BCUT2D eigenvalue weighted by Gasteiger charge is 2.85. The van der Waals surface area contributed by atoms with Crippen molar-refractivity contribution in [3.05, 3.63) is 88.0 Å². The van der Waals surface area contributed by atoms with E-state index >= 15 is 0 Å². The summed E-state index contributed by atoms with van der Waals surface area (Å²) in [5, 5.41) is -0.587. The van der Waals surface area contributed by atoms with Crippen LogP contribution in [0.5, 0.6) is 17.2 Å². The Morgan fingerprint density at radius 1 is 0.486 bits per heavy atom. The normalized spacial score (nSPS) is 23.9. The van der Waals surface area contributed by atoms with E-state index in [-0.39, 0.29) is 16.2 Å². The van der Waals surface area contributed by atoms with Gasteiger partial charge in [-0.15, -0.1) is 0 Å². The minimum atomic E-state index is -2.85. The molecule has 3 aromatic rings. The number of rotatable bonds is 0. The molecule has 3 aliphatic heterocycles. The standard InChI is InChI=1S/C31H36O3P/c1-28(2,3)19-10-13-25-22(16-19)31-23-17-20(29(4,5)6)11-14-26(23)33-35(31,32-25)34-27-15-12-21(18-24(27)31)30(7,8)9/h10-18H,1-9H3/q+1. The maximum Gasteiger partial charge on any atom is 0.562 e. The summed E-state index contributed by atoms with van der Waals surface area (Å²) < 4.78 is 20.4. The van der Waals surface area contributed by atoms with Crippen LogP contribution >= 0.6 is 7.94 Å². The van der Waals surface area contributed by atoms with E-state index < -0.39 is 13.1 Å². The van der Waals surface area contributed by atoms with E-state index in [0.717, 1.165) is 17.2 Å². The number of benzene rings is 3. The number of hydrogen-bond acceptors (Lipinski definition) is 3. The van der Waals surface area contributed by atoms with Crippen molar-refractivity contribution in [2.75, 3.05) is 0 Å². The van der Waals surface area contributed by atoms with Gasteiger partial charge in [-0.3, -0.25) is 13.6 Å². The van der Waals surface area contributed by atoms with Crippen molar-refractivity contribution in [1.82, 2.24) is 0 Å². The molecule has 4 heteroatoms. The smallest absolute Gasteiger partial charge is 0.270 e. The van der Waals surface area contributed by atoms with Crippen LogP contribution in [0.3, 0.4) is 0 Å². The molecule has 3 nitrogen and oxygen atoms in total. The zero-order chi connectivity index (χ0) is 25.2. The molecular formula is C31H36O3P+. The van der Waals surface area contributed by atoms with Crippen LogP contribution in [0.15, 0.2) is 54.6 Å². The second kappa shape index (κ2) is 6.62. The van der Waals surface area contributed by atoms with Crippen molar-refractivity contribution < 1.29 is 13.6 Å². The lowest BCUT2D eigenvalue weighted by Crippen LogP contribution is -2.26. The zero-order valence-electron chi connectivity index (χ0n) is 22.4. The van der Waals surface area contributed by atoms with E-state index in [1.807, 2.05) is 0 Å². The van der Waals surface area contributed by atoms with Gasteiger partial charge < -0.3 is 0 Å². The predicted octanol–water partition coefficient (Wildman–Crippen LogP) is 8.81. The van der Waals surface area contributed by atoms with Crippen LogP contribution in [0, 0.1) is 0 Å². The van der Waals surface area contributed by atoms with E-state index in [9.17, 15) is 0 Å². The topological polar surface area (TPSA) is 27.7 Å². The molecule has 0 fully saturated rings. The van der Waals surface area contributed by atoms with Crippen LogP contribution in [0.2, 0.25) is 0 Å². The third kappa shape index (κ3) is 2.94. The molecule has 182 valence electrons. The summed E-state index contributed by atoms with van der Waals surface area (Å²) in [5.74, 6) is 2.64. The van der Waals surface area contributed by atoms with Gasteiger partial charge in [-0.05, 0) is 69.3 Å². The number of hydrogen-bond donors (Lipinski definition) is 0. The largest absolute Gasteiger partial charge is 0.562 e. The fraction of sp³-hybridized carbons (Fsp3) is 0.419. The first-order valence-electron chi connectivity index (χ1n) is 12.6. The summed E-state index contributed by atoms with van der Waals surface area (Å²) in [7, 11) is -2.85. The monoisotopic (exact) mass is 487 g/mol. The molecule has 3 aliphatic rings. The van der Waals surface area contributed by atoms with Crippen LogP contribution in [-0.4, -0.2) is 0 Å². The lowest BCUT2D eigenvalue weighted by molar-refractivity contribution is 0.380. The fourth-order valence-corrected chi connectivity index (χ4v) is 8.79. The summed E-state index contributed by atoms with van der Waals surface area (Å²) in [6.45, 7) is 20.4. The predicted molar refractivity (Wildman–Crippen MR) is 144 cm³/mol. The van der Waals surface area contributed by atoms with Crippen LogP contribution in [-0.2, 0) is 21.4 Å². The molecule has 0 radical (unpaired) electrons. The first kappa shape index (κ1) is 22.9. The molecule has 0 unspecified atom stereocenters. The van der Waals surface area contributed by atoms with Gasteiger partial charge in [0.15, 0.2) is 17.2 Å². The summed E-state index contributed by atoms with van der Waals surface area (Å²) in [5.41, 5.74) is 7.43. The molecule has 3 heterocycles. The Morgan fingerprint density at radius 3 is 1.03 bits per heavy atom. The molecular weight excluding hydrogens is 451 g/mol. The van der Waals surface area contributed by atoms with Gasteiger partial charge in [0.1, 0.15) is 0 Å². The summed E-state index contributed by atoms with van der Waals surface area (Å²) in [6.07, 6.45) is 0. The van der Waals surface area contributed by atoms with Gasteiger partial charge in [0.05, 0.1) is 16.7 Å². The van der Waals surface area contributed by atoms with Crippen molar-refractivity contribution in [2.24, 2.45) is 0 Å². The van der Waals surface area contributed by atoms with E-state index in [1.54, 1.807) is 0 Å². The third-order valence-electron chi connectivity index (χ3n) is 7.77. The Hall–Kier alpha value is -2.51. The van der Waals surface area contributed by atoms with Crippen molar-refractivity contribution >= 4 is 7.94 Å². The first-order chi connectivity index (χ1) is 16.2. The summed E-state index contributed by atoms with van der Waals surface area (Å²) in [6, 6.07) is 20.0. The first-order valence-corrected chi connectivity index (χ1v) is 14.1. The van der Waals surface area contributed by atoms with Gasteiger partial charge in [-0.2, -0.15) is 0 Å². The maximum absolute atomic E-state index is 6.78. The third-order valence-corrected chi connectivity index (χ3v) is 10.6. The minimum Gasteiger partial charge on any atom is -0.270 e. The van der Waals surface area contributed by atoms with Crippen LogP contribution in [0.1, 0.15) is 95.7 Å². The minimum absolute atomic E-state index is 0.0143. The molecule has 0 amide bonds. The quantitative estimate of drug-likeness (QED) is 0.297. The van der Waals surface area contributed by atoms with Gasteiger partial charge >= 0.3 is 7.94 Å². The highest BCUT2D eigenvalue weighted by atomic mass is 31.2. The van der Waals surface area contributed by atoms with Crippen molar-refractivity contribution in [2.45, 2.75) is 83.7 Å². The number of fused-ring (bicyclic) bond motifs is 3. The SMILES string of the molecule is CC(C)(C)c1ccc2c(c1)C13c4cc(C(C)(C)C)ccc4O[P+]1(O2)Oc1ccc(C(C)(C)C)cc13. The lowest BCUT2D eigenvalue weighted by Gasteiger charge is -2.25. The molecule has 0 N–H and O–H groups in total. The summed E-state index contributed by atoms with van der Waals surface area (Å²) in [4.78, 5) is 0. The fourth-order valence-electron chi connectivity index (χ4n) is 5.60. The van der Waals surface area contributed by atoms with Crippen molar-refractivity contribution in [3.63, 3.8) is 0 Å². The average Bonchev–Trinajstić information content (AvgIpc) is 3.27. The van der Waals surface area contributed by atoms with E-state index in [2.05, 4.69) is 117 Å². The summed E-state index contributed by atoms with van der Waals surface area (Å²) >= 11 is 0. The Bertz CT molecular complexity index is 1220. The highest BCUT2D eigenvalue weighted by Crippen LogP contribution is 2.90. The van der Waals surface area contributed by atoms with Crippen LogP contribution in [0.4, 0.5) is 0 Å². The van der Waals surface area contributed by atoms with Gasteiger partial charge in [0, 0.05) is 0 Å². The van der Waals surface area contributed by atoms with Crippen molar-refractivity contribution in [3.8, 4) is 17.2 Å².